The Hall–Kier alpha value is -4.54. The number of hydrogen-bond acceptors (Lipinski definition) is 9. The van der Waals surface area contributed by atoms with Crippen molar-refractivity contribution < 1.29 is 43.0 Å². The van der Waals surface area contributed by atoms with Gasteiger partial charge < -0.3 is 34.0 Å². The molecule has 47 heavy (non-hydrogen) atoms. The summed E-state index contributed by atoms with van der Waals surface area (Å²) in [6.07, 6.45) is 0.955. The average molecular weight is 648 g/mol. The summed E-state index contributed by atoms with van der Waals surface area (Å²) in [7, 11) is 0. The molecule has 2 aromatic carbocycles. The standard InChI is InChI=1S/C35H41N3O9/c1-27-10-14-34(41)38(27)47-35(42)16-18-43-20-22-45-24-25-46-23-21-44-19-17-36-32(39)13-15-33(40)37-26-30-8-3-2-6-28(30)11-12-29-7-4-5-9-31(29)37/h2-9H,1,10,13-26H2,(H,36,39). The van der Waals surface area contributed by atoms with E-state index in [2.05, 4.69) is 23.7 Å². The Bertz CT molecular complexity index is 1450. The van der Waals surface area contributed by atoms with Crippen molar-refractivity contribution in [3.05, 3.63) is 77.5 Å². The van der Waals surface area contributed by atoms with Crippen molar-refractivity contribution in [3.63, 3.8) is 0 Å². The number of nitrogens with zero attached hydrogens (tertiary/aromatic N) is 2. The van der Waals surface area contributed by atoms with Crippen molar-refractivity contribution in [2.45, 2.75) is 38.6 Å². The van der Waals surface area contributed by atoms with Gasteiger partial charge >= 0.3 is 5.97 Å². The minimum Gasteiger partial charge on any atom is -0.378 e. The molecule has 0 unspecified atom stereocenters. The molecule has 4 rings (SSSR count). The summed E-state index contributed by atoms with van der Waals surface area (Å²) in [6.45, 7) is 7.03. The molecular formula is C35H41N3O9. The van der Waals surface area contributed by atoms with Crippen LogP contribution >= 0.6 is 0 Å². The second kappa shape index (κ2) is 19.2. The lowest BCUT2D eigenvalue weighted by Crippen LogP contribution is -2.34. The molecule has 1 saturated heterocycles. The Kier molecular flexibility index (Phi) is 14.4. The molecule has 2 heterocycles. The van der Waals surface area contributed by atoms with Gasteiger partial charge in [-0.05, 0) is 30.2 Å². The van der Waals surface area contributed by atoms with E-state index in [1.165, 1.54) is 0 Å². The van der Waals surface area contributed by atoms with Crippen LogP contribution in [0.25, 0.3) is 0 Å². The Balaban J connectivity index is 0.971. The van der Waals surface area contributed by atoms with Gasteiger partial charge in [0.05, 0.1) is 77.2 Å². The summed E-state index contributed by atoms with van der Waals surface area (Å²) < 4.78 is 21.7. The van der Waals surface area contributed by atoms with Gasteiger partial charge in [-0.1, -0.05) is 48.8 Å². The van der Waals surface area contributed by atoms with Gasteiger partial charge in [0.1, 0.15) is 0 Å². The van der Waals surface area contributed by atoms with Gasteiger partial charge in [-0.2, -0.15) is 0 Å². The van der Waals surface area contributed by atoms with E-state index in [9.17, 15) is 19.2 Å². The molecule has 0 saturated carbocycles. The summed E-state index contributed by atoms with van der Waals surface area (Å²) in [5.41, 5.74) is 3.85. The van der Waals surface area contributed by atoms with Crippen LogP contribution in [0.1, 0.15) is 48.8 Å². The zero-order chi connectivity index (χ0) is 33.3. The molecule has 0 radical (unpaired) electrons. The molecule has 2 aliphatic rings. The molecule has 0 atom stereocenters. The molecule has 12 heteroatoms. The molecule has 0 spiro atoms. The van der Waals surface area contributed by atoms with Crippen LogP contribution in [0.15, 0.2) is 60.8 Å². The zero-order valence-electron chi connectivity index (χ0n) is 26.5. The van der Waals surface area contributed by atoms with E-state index >= 15 is 0 Å². The first-order valence-corrected chi connectivity index (χ1v) is 15.7. The fourth-order valence-corrected chi connectivity index (χ4v) is 4.72. The lowest BCUT2D eigenvalue weighted by atomic mass is 10.0. The maximum atomic E-state index is 13.2. The van der Waals surface area contributed by atoms with Crippen LogP contribution in [0, 0.1) is 11.8 Å². The monoisotopic (exact) mass is 647 g/mol. The average Bonchev–Trinajstić information content (AvgIpc) is 3.38. The predicted octanol–water partition coefficient (Wildman–Crippen LogP) is 2.88. The number of benzene rings is 2. The number of hydrogen-bond donors (Lipinski definition) is 1. The van der Waals surface area contributed by atoms with Crippen LogP contribution in [-0.4, -0.2) is 88.2 Å². The fraction of sp³-hybridized carbons (Fsp3) is 0.429. The second-order valence-electron chi connectivity index (χ2n) is 10.7. The number of hydroxylamine groups is 2. The van der Waals surface area contributed by atoms with Crippen LogP contribution in [0.5, 0.6) is 0 Å². The highest BCUT2D eigenvalue weighted by Gasteiger charge is 2.28. The number of carbonyl (C=O) groups is 4. The van der Waals surface area contributed by atoms with E-state index in [1.807, 2.05) is 48.5 Å². The third kappa shape index (κ3) is 11.6. The van der Waals surface area contributed by atoms with Gasteiger partial charge in [0.15, 0.2) is 0 Å². The number of carbonyl (C=O) groups excluding carboxylic acids is 4. The van der Waals surface area contributed by atoms with Gasteiger partial charge in [-0.25, -0.2) is 4.79 Å². The normalized spacial score (nSPS) is 13.6. The number of para-hydroxylation sites is 1. The number of anilines is 1. The summed E-state index contributed by atoms with van der Waals surface area (Å²) >= 11 is 0. The molecule has 1 fully saturated rings. The third-order valence-electron chi connectivity index (χ3n) is 7.21. The topological polar surface area (TPSA) is 133 Å². The maximum Gasteiger partial charge on any atom is 0.335 e. The molecule has 0 bridgehead atoms. The predicted molar refractivity (Wildman–Crippen MR) is 172 cm³/mol. The first-order chi connectivity index (χ1) is 22.9. The van der Waals surface area contributed by atoms with Gasteiger partial charge in [0.25, 0.3) is 5.91 Å². The van der Waals surface area contributed by atoms with E-state index in [-0.39, 0.29) is 43.6 Å². The Morgan fingerprint density at radius 2 is 1.36 bits per heavy atom. The number of ether oxygens (including phenoxy) is 4. The fourth-order valence-electron chi connectivity index (χ4n) is 4.72. The molecule has 1 N–H and O–H groups in total. The molecule has 2 aromatic rings. The zero-order valence-corrected chi connectivity index (χ0v) is 26.5. The summed E-state index contributed by atoms with van der Waals surface area (Å²) in [5.74, 6) is 5.19. The van der Waals surface area contributed by atoms with E-state index < -0.39 is 5.97 Å². The Labute approximate surface area is 274 Å². The highest BCUT2D eigenvalue weighted by Crippen LogP contribution is 2.26. The van der Waals surface area contributed by atoms with Crippen molar-refractivity contribution in [1.82, 2.24) is 10.4 Å². The van der Waals surface area contributed by atoms with Crippen LogP contribution in [0.3, 0.4) is 0 Å². The Morgan fingerprint density at radius 3 is 2.06 bits per heavy atom. The van der Waals surface area contributed by atoms with Crippen LogP contribution in [0.2, 0.25) is 0 Å². The molecular weight excluding hydrogens is 606 g/mol. The van der Waals surface area contributed by atoms with Crippen LogP contribution < -0.4 is 10.2 Å². The highest BCUT2D eigenvalue weighted by molar-refractivity contribution is 5.97. The number of rotatable bonds is 19. The van der Waals surface area contributed by atoms with Gasteiger partial charge in [-0.3, -0.25) is 14.4 Å². The lowest BCUT2D eigenvalue weighted by molar-refractivity contribution is -0.187. The number of amides is 3. The van der Waals surface area contributed by atoms with E-state index in [0.29, 0.717) is 77.9 Å². The van der Waals surface area contributed by atoms with Crippen molar-refractivity contribution >= 4 is 29.4 Å². The highest BCUT2D eigenvalue weighted by atomic mass is 16.7. The summed E-state index contributed by atoms with van der Waals surface area (Å²) in [4.78, 5) is 55.7. The molecule has 2 aliphatic heterocycles. The molecule has 250 valence electrons. The van der Waals surface area contributed by atoms with Gasteiger partial charge in [0.2, 0.25) is 11.8 Å². The first kappa shape index (κ1) is 35.3. The van der Waals surface area contributed by atoms with Gasteiger partial charge in [0, 0.05) is 36.9 Å². The van der Waals surface area contributed by atoms with Crippen molar-refractivity contribution in [2.24, 2.45) is 0 Å². The smallest absolute Gasteiger partial charge is 0.335 e. The second-order valence-corrected chi connectivity index (χ2v) is 10.7. The number of allylic oxidation sites excluding steroid dienone is 1. The minimum absolute atomic E-state index is 0.0177. The van der Waals surface area contributed by atoms with E-state index in [1.54, 1.807) is 4.90 Å². The molecule has 0 aromatic heterocycles. The largest absolute Gasteiger partial charge is 0.378 e. The molecule has 12 nitrogen and oxygen atoms in total. The van der Waals surface area contributed by atoms with Crippen LogP contribution in [-0.2, 0) is 49.5 Å². The van der Waals surface area contributed by atoms with Crippen molar-refractivity contribution in [3.8, 4) is 11.8 Å². The summed E-state index contributed by atoms with van der Waals surface area (Å²) in [6, 6.07) is 15.3. The number of fused-ring (bicyclic) bond motifs is 2. The quantitative estimate of drug-likeness (QED) is 0.181. The third-order valence-corrected chi connectivity index (χ3v) is 7.21. The lowest BCUT2D eigenvalue weighted by Gasteiger charge is -2.26. The first-order valence-electron chi connectivity index (χ1n) is 15.7. The maximum absolute atomic E-state index is 13.2. The van der Waals surface area contributed by atoms with Crippen molar-refractivity contribution in [1.29, 1.82) is 0 Å². The SMILES string of the molecule is C=C1CCC(=O)N1OC(=O)CCOCCOCCOCCOCCNC(=O)CCC(=O)N1Cc2ccccc2C#Cc2ccccc21. The van der Waals surface area contributed by atoms with Crippen LogP contribution in [0.4, 0.5) is 5.69 Å². The summed E-state index contributed by atoms with van der Waals surface area (Å²) in [5, 5.41) is 3.74. The van der Waals surface area contributed by atoms with Crippen molar-refractivity contribution in [2.75, 3.05) is 64.3 Å². The number of nitrogens with one attached hydrogen (secondary N) is 1. The minimum atomic E-state index is -0.555. The van der Waals surface area contributed by atoms with Gasteiger partial charge in [-0.15, -0.1) is 5.06 Å². The molecule has 0 aliphatic carbocycles. The molecule has 3 amide bonds. The van der Waals surface area contributed by atoms with E-state index in [4.69, 9.17) is 23.8 Å². The van der Waals surface area contributed by atoms with E-state index in [0.717, 1.165) is 27.4 Å². The Morgan fingerprint density at radius 1 is 0.745 bits per heavy atom.